The minimum atomic E-state index is 0.0988. The van der Waals surface area contributed by atoms with Crippen LogP contribution < -0.4 is 0 Å². The van der Waals surface area contributed by atoms with Crippen molar-refractivity contribution in [2.75, 3.05) is 0 Å². The predicted octanol–water partition coefficient (Wildman–Crippen LogP) is 2.71. The fourth-order valence-electron chi connectivity index (χ4n) is 2.50. The Labute approximate surface area is 109 Å². The Morgan fingerprint density at radius 2 is 2.22 bits per heavy atom. The molecule has 1 fully saturated rings. The Morgan fingerprint density at radius 3 is 2.83 bits per heavy atom. The summed E-state index contributed by atoms with van der Waals surface area (Å²) in [6, 6.07) is 0. The molecule has 94 valence electrons. The molecular formula is C12H13ClN4O. The Balaban J connectivity index is 2.43. The number of hydrogen-bond donors (Lipinski definition) is 1. The van der Waals surface area contributed by atoms with Gasteiger partial charge in [-0.3, -0.25) is 0 Å². The average molecular weight is 265 g/mol. The number of rotatable bonds is 2. The van der Waals surface area contributed by atoms with Gasteiger partial charge in [0.25, 0.3) is 0 Å². The molecule has 1 saturated carbocycles. The zero-order valence-corrected chi connectivity index (χ0v) is 10.9. The highest BCUT2D eigenvalue weighted by atomic mass is 35.5. The fraction of sp³-hybridized carbons (Fsp3) is 0.417. The van der Waals surface area contributed by atoms with Crippen LogP contribution in [0.25, 0.3) is 11.0 Å². The number of halogens is 1. The van der Waals surface area contributed by atoms with Crippen LogP contribution in [0.5, 0.6) is 0 Å². The summed E-state index contributed by atoms with van der Waals surface area (Å²) < 4.78 is 2.17. The normalized spacial score (nSPS) is 17.7. The van der Waals surface area contributed by atoms with Crippen LogP contribution in [0.15, 0.2) is 11.5 Å². The van der Waals surface area contributed by atoms with E-state index in [1.54, 1.807) is 0 Å². The molecule has 1 N–H and O–H groups in total. The van der Waals surface area contributed by atoms with Crippen molar-refractivity contribution < 1.29 is 5.21 Å². The highest BCUT2D eigenvalue weighted by molar-refractivity contribution is 6.35. The Morgan fingerprint density at radius 1 is 1.50 bits per heavy atom. The molecule has 0 spiro atoms. The Hall–Kier alpha value is -1.62. The molecule has 0 saturated heterocycles. The lowest BCUT2D eigenvalue weighted by Gasteiger charge is -2.14. The van der Waals surface area contributed by atoms with Gasteiger partial charge in [0.1, 0.15) is 17.1 Å². The van der Waals surface area contributed by atoms with Gasteiger partial charge in [-0.15, -0.1) is 0 Å². The van der Waals surface area contributed by atoms with Gasteiger partial charge < -0.3 is 9.77 Å². The first-order chi connectivity index (χ1) is 8.58. The van der Waals surface area contributed by atoms with Crippen molar-refractivity contribution in [3.8, 4) is 0 Å². The quantitative estimate of drug-likeness (QED) is 0.393. The molecule has 0 bridgehead atoms. The lowest BCUT2D eigenvalue weighted by atomic mass is 10.2. The predicted molar refractivity (Wildman–Crippen MR) is 69.5 cm³/mol. The molecule has 3 rings (SSSR count). The summed E-state index contributed by atoms with van der Waals surface area (Å²) in [5.41, 5.74) is 2.69. The van der Waals surface area contributed by atoms with Crippen LogP contribution in [0.2, 0.25) is 5.15 Å². The molecule has 5 nitrogen and oxygen atoms in total. The van der Waals surface area contributed by atoms with Crippen molar-refractivity contribution in [2.45, 2.75) is 32.2 Å². The van der Waals surface area contributed by atoms with Crippen molar-refractivity contribution >= 4 is 28.8 Å². The van der Waals surface area contributed by atoms with E-state index in [0.717, 1.165) is 35.1 Å². The molecule has 0 amide bonds. The van der Waals surface area contributed by atoms with Gasteiger partial charge in [-0.1, -0.05) is 16.8 Å². The van der Waals surface area contributed by atoms with E-state index in [0.29, 0.717) is 5.15 Å². The number of aromatic nitrogens is 3. The topological polar surface area (TPSA) is 63.3 Å². The van der Waals surface area contributed by atoms with Gasteiger partial charge in [-0.25, -0.2) is 9.97 Å². The van der Waals surface area contributed by atoms with Crippen LogP contribution in [0, 0.1) is 6.92 Å². The highest BCUT2D eigenvalue weighted by Gasteiger charge is 2.42. The SMILES string of the molecule is Cc1c(C=NO)c2c(Cl)ncnc2n1C1(C)CC1. The van der Waals surface area contributed by atoms with Crippen molar-refractivity contribution in [1.29, 1.82) is 0 Å². The van der Waals surface area contributed by atoms with Gasteiger partial charge in [-0.2, -0.15) is 0 Å². The van der Waals surface area contributed by atoms with Crippen LogP contribution in [0.1, 0.15) is 31.0 Å². The monoisotopic (exact) mass is 264 g/mol. The average Bonchev–Trinajstić information content (AvgIpc) is 2.99. The van der Waals surface area contributed by atoms with Crippen molar-refractivity contribution in [2.24, 2.45) is 5.16 Å². The summed E-state index contributed by atoms with van der Waals surface area (Å²) in [6.07, 6.45) is 5.10. The first-order valence-corrected chi connectivity index (χ1v) is 6.16. The lowest BCUT2D eigenvalue weighted by Crippen LogP contribution is -2.14. The third-order valence-electron chi connectivity index (χ3n) is 3.69. The van der Waals surface area contributed by atoms with Gasteiger partial charge in [0.2, 0.25) is 0 Å². The number of oxime groups is 1. The van der Waals surface area contributed by atoms with E-state index >= 15 is 0 Å². The third kappa shape index (κ3) is 1.43. The van der Waals surface area contributed by atoms with E-state index in [9.17, 15) is 0 Å². The number of hydrogen-bond acceptors (Lipinski definition) is 4. The molecule has 0 aromatic carbocycles. The van der Waals surface area contributed by atoms with Crippen LogP contribution >= 0.6 is 11.6 Å². The molecule has 2 aromatic rings. The molecule has 6 heteroatoms. The standard InChI is InChI=1S/C12H13ClN4O/c1-7-8(5-16-18)9-10(13)14-6-15-11(9)17(7)12(2)3-4-12/h5-6,18H,3-4H2,1-2H3. The minimum absolute atomic E-state index is 0.0988. The third-order valence-corrected chi connectivity index (χ3v) is 3.97. The molecule has 0 aliphatic heterocycles. The molecule has 0 radical (unpaired) electrons. The van der Waals surface area contributed by atoms with Gasteiger partial charge in [0.05, 0.1) is 11.6 Å². The minimum Gasteiger partial charge on any atom is -0.411 e. The zero-order chi connectivity index (χ0) is 12.9. The van der Waals surface area contributed by atoms with E-state index in [1.165, 1.54) is 12.5 Å². The summed E-state index contributed by atoms with van der Waals surface area (Å²) in [5, 5.41) is 13.1. The van der Waals surface area contributed by atoms with Gasteiger partial charge >= 0.3 is 0 Å². The molecule has 2 heterocycles. The molecule has 1 aliphatic carbocycles. The summed E-state index contributed by atoms with van der Waals surface area (Å²) in [5.74, 6) is 0. The van der Waals surface area contributed by atoms with Crippen LogP contribution in [-0.4, -0.2) is 26.0 Å². The summed E-state index contributed by atoms with van der Waals surface area (Å²) in [7, 11) is 0. The van der Waals surface area contributed by atoms with E-state index < -0.39 is 0 Å². The number of fused-ring (bicyclic) bond motifs is 1. The Bertz CT molecular complexity index is 658. The van der Waals surface area contributed by atoms with Crippen molar-refractivity contribution in [3.63, 3.8) is 0 Å². The van der Waals surface area contributed by atoms with Gasteiger partial charge in [-0.05, 0) is 26.7 Å². The maximum Gasteiger partial charge on any atom is 0.146 e. The largest absolute Gasteiger partial charge is 0.411 e. The van der Waals surface area contributed by atoms with E-state index in [1.807, 2.05) is 6.92 Å². The molecule has 1 aliphatic rings. The van der Waals surface area contributed by atoms with Crippen molar-refractivity contribution in [1.82, 2.24) is 14.5 Å². The van der Waals surface area contributed by atoms with Gasteiger partial charge in [0.15, 0.2) is 0 Å². The highest BCUT2D eigenvalue weighted by Crippen LogP contribution is 2.47. The summed E-state index contributed by atoms with van der Waals surface area (Å²) in [6.45, 7) is 4.17. The van der Waals surface area contributed by atoms with Crippen LogP contribution in [0.4, 0.5) is 0 Å². The first kappa shape index (κ1) is 11.5. The van der Waals surface area contributed by atoms with Gasteiger partial charge in [0, 0.05) is 16.8 Å². The molecular weight excluding hydrogens is 252 g/mol. The lowest BCUT2D eigenvalue weighted by molar-refractivity contribution is 0.322. The second kappa shape index (κ2) is 3.68. The maximum absolute atomic E-state index is 8.80. The molecule has 2 aromatic heterocycles. The fourth-order valence-corrected chi connectivity index (χ4v) is 2.73. The second-order valence-electron chi connectivity index (χ2n) is 4.94. The van der Waals surface area contributed by atoms with Crippen LogP contribution in [0.3, 0.4) is 0 Å². The zero-order valence-electron chi connectivity index (χ0n) is 10.2. The molecule has 18 heavy (non-hydrogen) atoms. The molecule has 0 unspecified atom stereocenters. The summed E-state index contributed by atoms with van der Waals surface area (Å²) in [4.78, 5) is 8.34. The van der Waals surface area contributed by atoms with Crippen LogP contribution in [-0.2, 0) is 5.54 Å². The van der Waals surface area contributed by atoms with E-state index in [-0.39, 0.29) is 5.54 Å². The number of nitrogens with zero attached hydrogens (tertiary/aromatic N) is 4. The Kier molecular flexibility index (Phi) is 2.35. The van der Waals surface area contributed by atoms with E-state index in [2.05, 4.69) is 26.6 Å². The molecule has 0 atom stereocenters. The second-order valence-corrected chi connectivity index (χ2v) is 5.30. The maximum atomic E-state index is 8.80. The first-order valence-electron chi connectivity index (χ1n) is 5.78. The summed E-state index contributed by atoms with van der Waals surface area (Å²) >= 11 is 6.15. The smallest absolute Gasteiger partial charge is 0.146 e. The van der Waals surface area contributed by atoms with Crippen molar-refractivity contribution in [3.05, 3.63) is 22.7 Å². The van der Waals surface area contributed by atoms with E-state index in [4.69, 9.17) is 16.8 Å².